The van der Waals surface area contributed by atoms with Crippen molar-refractivity contribution in [3.63, 3.8) is 0 Å². The maximum absolute atomic E-state index is 13.2. The summed E-state index contributed by atoms with van der Waals surface area (Å²) in [4.78, 5) is 27.3. The molecule has 0 fully saturated rings. The molecule has 1 aromatic heterocycles. The normalized spacial score (nSPS) is 12.1. The molecule has 1 heterocycles. The number of alkyl halides is 6. The summed E-state index contributed by atoms with van der Waals surface area (Å²) in [6.45, 7) is -0.106. The number of likely N-dealkylation sites (N-methyl/N-ethyl adjacent to an activating group) is 1. The molecular formula is C28H22F6N2O2. The Balaban J connectivity index is 1.73. The van der Waals surface area contributed by atoms with Crippen molar-refractivity contribution in [1.82, 2.24) is 9.47 Å². The Morgan fingerprint density at radius 1 is 0.816 bits per heavy atom. The van der Waals surface area contributed by atoms with Gasteiger partial charge in [-0.3, -0.25) is 9.59 Å². The predicted octanol–water partition coefficient (Wildman–Crippen LogP) is 6.44. The van der Waals surface area contributed by atoms with Gasteiger partial charge in [-0.1, -0.05) is 48.5 Å². The van der Waals surface area contributed by atoms with Gasteiger partial charge in [0.2, 0.25) is 5.91 Å². The number of carbonyl (C=O) groups is 1. The van der Waals surface area contributed by atoms with Crippen molar-refractivity contribution in [1.29, 1.82) is 0 Å². The van der Waals surface area contributed by atoms with E-state index in [4.69, 9.17) is 0 Å². The molecule has 0 bridgehead atoms. The molecule has 3 aromatic carbocycles. The molecule has 0 aliphatic heterocycles. The Hall–Kier alpha value is -4.08. The van der Waals surface area contributed by atoms with E-state index in [0.29, 0.717) is 34.2 Å². The first-order chi connectivity index (χ1) is 17.8. The Morgan fingerprint density at radius 3 is 1.89 bits per heavy atom. The van der Waals surface area contributed by atoms with Crippen LogP contribution in [-0.2, 0) is 37.2 Å². The van der Waals surface area contributed by atoms with Gasteiger partial charge < -0.3 is 9.47 Å². The maximum atomic E-state index is 13.2. The van der Waals surface area contributed by atoms with Crippen molar-refractivity contribution < 1.29 is 31.1 Å². The van der Waals surface area contributed by atoms with Gasteiger partial charge in [0, 0.05) is 30.7 Å². The Bertz CT molecular complexity index is 1520. The number of pyridine rings is 1. The summed E-state index contributed by atoms with van der Waals surface area (Å²) < 4.78 is 80.8. The van der Waals surface area contributed by atoms with Gasteiger partial charge in [-0.15, -0.1) is 0 Å². The molecule has 38 heavy (non-hydrogen) atoms. The van der Waals surface area contributed by atoms with Crippen molar-refractivity contribution in [3.8, 4) is 11.1 Å². The minimum atomic E-state index is -5.01. The first-order valence-electron chi connectivity index (χ1n) is 11.5. The summed E-state index contributed by atoms with van der Waals surface area (Å²) in [6.07, 6.45) is -10.7. The third kappa shape index (κ3) is 5.44. The zero-order valence-electron chi connectivity index (χ0n) is 20.3. The van der Waals surface area contributed by atoms with E-state index in [9.17, 15) is 35.9 Å². The number of halogens is 6. The monoisotopic (exact) mass is 532 g/mol. The van der Waals surface area contributed by atoms with Crippen LogP contribution in [0.15, 0.2) is 77.6 Å². The molecule has 1 amide bonds. The number of hydrogen-bond acceptors (Lipinski definition) is 2. The highest BCUT2D eigenvalue weighted by Crippen LogP contribution is 2.37. The summed E-state index contributed by atoms with van der Waals surface area (Å²) in [5.41, 5.74) is -1.74. The van der Waals surface area contributed by atoms with Crippen LogP contribution in [0, 0.1) is 0 Å². The van der Waals surface area contributed by atoms with Crippen LogP contribution in [0.5, 0.6) is 0 Å². The zero-order chi connectivity index (χ0) is 27.8. The Morgan fingerprint density at radius 2 is 1.34 bits per heavy atom. The van der Waals surface area contributed by atoms with Gasteiger partial charge in [0.05, 0.1) is 24.1 Å². The van der Waals surface area contributed by atoms with Crippen LogP contribution in [0.3, 0.4) is 0 Å². The summed E-state index contributed by atoms with van der Waals surface area (Å²) in [6, 6.07) is 17.3. The molecule has 0 atom stereocenters. The summed E-state index contributed by atoms with van der Waals surface area (Å²) in [5.74, 6) is -0.711. The SMILES string of the molecule is CN(Cc1c(-c2ccccc2)c2ccccc2c(=O)n1C)C(=O)Cc1cc(C(F)(F)F)cc(C(F)(F)F)c1. The highest BCUT2D eigenvalue weighted by Gasteiger charge is 2.37. The van der Waals surface area contributed by atoms with Gasteiger partial charge >= 0.3 is 12.4 Å². The number of aromatic nitrogens is 1. The Kier molecular flexibility index (Phi) is 7.10. The van der Waals surface area contributed by atoms with Gasteiger partial charge in [-0.05, 0) is 40.8 Å². The maximum Gasteiger partial charge on any atom is 0.416 e. The molecule has 10 heteroatoms. The van der Waals surface area contributed by atoms with Gasteiger partial charge in [0.15, 0.2) is 0 Å². The van der Waals surface area contributed by atoms with E-state index >= 15 is 0 Å². The Labute approximate surface area is 213 Å². The summed E-state index contributed by atoms with van der Waals surface area (Å²) in [5, 5.41) is 1.13. The van der Waals surface area contributed by atoms with E-state index in [1.165, 1.54) is 16.5 Å². The lowest BCUT2D eigenvalue weighted by Gasteiger charge is -2.23. The quantitative estimate of drug-likeness (QED) is 0.278. The van der Waals surface area contributed by atoms with Gasteiger partial charge in [-0.2, -0.15) is 26.3 Å². The standard InChI is InChI=1S/C28H22F6N2O2/c1-35(24(37)14-17-12-19(27(29,30)31)15-20(13-17)28(32,33)34)16-23-25(18-8-4-3-5-9-18)21-10-6-7-11-22(21)26(38)36(23)2/h3-13,15H,14,16H2,1-2H3. The third-order valence-corrected chi connectivity index (χ3v) is 6.30. The van der Waals surface area contributed by atoms with E-state index in [2.05, 4.69) is 0 Å². The predicted molar refractivity (Wildman–Crippen MR) is 131 cm³/mol. The van der Waals surface area contributed by atoms with Crippen molar-refractivity contribution in [2.75, 3.05) is 7.05 Å². The van der Waals surface area contributed by atoms with Gasteiger partial charge in [0.25, 0.3) is 5.56 Å². The lowest BCUT2D eigenvalue weighted by Crippen LogP contribution is -2.32. The number of carbonyl (C=O) groups excluding carboxylic acids is 1. The fraction of sp³-hybridized carbons (Fsp3) is 0.214. The molecule has 0 aliphatic carbocycles. The second-order valence-corrected chi connectivity index (χ2v) is 8.94. The number of fused-ring (bicyclic) bond motifs is 1. The summed E-state index contributed by atoms with van der Waals surface area (Å²) in [7, 11) is 2.94. The van der Waals surface area contributed by atoms with Crippen molar-refractivity contribution >= 4 is 16.7 Å². The minimum absolute atomic E-state index is 0.0225. The van der Waals surface area contributed by atoms with Crippen LogP contribution in [0.4, 0.5) is 26.3 Å². The van der Waals surface area contributed by atoms with E-state index in [0.717, 1.165) is 5.56 Å². The smallest absolute Gasteiger partial charge is 0.340 e. The molecule has 0 spiro atoms. The topological polar surface area (TPSA) is 42.3 Å². The number of hydrogen-bond donors (Lipinski definition) is 0. The average molecular weight is 532 g/mol. The lowest BCUT2D eigenvalue weighted by atomic mass is 9.96. The van der Waals surface area contributed by atoms with Crippen LogP contribution < -0.4 is 5.56 Å². The van der Waals surface area contributed by atoms with E-state index in [1.807, 2.05) is 30.3 Å². The molecule has 0 N–H and O–H groups in total. The molecule has 4 nitrogen and oxygen atoms in total. The molecule has 0 radical (unpaired) electrons. The minimum Gasteiger partial charge on any atom is -0.340 e. The zero-order valence-corrected chi connectivity index (χ0v) is 20.3. The molecular weight excluding hydrogens is 510 g/mol. The van der Waals surface area contributed by atoms with E-state index in [-0.39, 0.29) is 18.2 Å². The molecule has 198 valence electrons. The van der Waals surface area contributed by atoms with Gasteiger partial charge in [-0.25, -0.2) is 0 Å². The van der Waals surface area contributed by atoms with Crippen LogP contribution in [0.1, 0.15) is 22.4 Å². The van der Waals surface area contributed by atoms with Crippen LogP contribution in [0.2, 0.25) is 0 Å². The molecule has 0 saturated carbocycles. The van der Waals surface area contributed by atoms with E-state index < -0.39 is 41.4 Å². The molecule has 4 rings (SSSR count). The largest absolute Gasteiger partial charge is 0.416 e. The fourth-order valence-electron chi connectivity index (χ4n) is 4.37. The van der Waals surface area contributed by atoms with Crippen LogP contribution in [-0.4, -0.2) is 22.4 Å². The highest BCUT2D eigenvalue weighted by atomic mass is 19.4. The molecule has 0 unspecified atom stereocenters. The first kappa shape index (κ1) is 27.0. The second kappa shape index (κ2) is 10.00. The summed E-state index contributed by atoms with van der Waals surface area (Å²) >= 11 is 0. The fourth-order valence-corrected chi connectivity index (χ4v) is 4.37. The first-order valence-corrected chi connectivity index (χ1v) is 11.5. The number of nitrogens with zero attached hydrogens (tertiary/aromatic N) is 2. The van der Waals surface area contributed by atoms with Crippen molar-refractivity contribution in [2.24, 2.45) is 7.05 Å². The van der Waals surface area contributed by atoms with Crippen molar-refractivity contribution in [3.05, 3.63) is 106 Å². The second-order valence-electron chi connectivity index (χ2n) is 8.94. The van der Waals surface area contributed by atoms with Crippen molar-refractivity contribution in [2.45, 2.75) is 25.3 Å². The molecule has 0 saturated heterocycles. The van der Waals surface area contributed by atoms with Gasteiger partial charge in [0.1, 0.15) is 0 Å². The van der Waals surface area contributed by atoms with Crippen LogP contribution >= 0.6 is 0 Å². The lowest BCUT2D eigenvalue weighted by molar-refractivity contribution is -0.143. The number of rotatable bonds is 5. The average Bonchev–Trinajstić information content (AvgIpc) is 2.86. The highest BCUT2D eigenvalue weighted by molar-refractivity contribution is 5.97. The number of benzene rings is 3. The number of amides is 1. The molecule has 4 aromatic rings. The van der Waals surface area contributed by atoms with E-state index in [1.54, 1.807) is 31.3 Å². The third-order valence-electron chi connectivity index (χ3n) is 6.30. The molecule has 0 aliphatic rings. The van der Waals surface area contributed by atoms with Crippen LogP contribution in [0.25, 0.3) is 21.9 Å².